The van der Waals surface area contributed by atoms with Gasteiger partial charge in [0.25, 0.3) is 0 Å². The van der Waals surface area contributed by atoms with Crippen molar-refractivity contribution in [3.63, 3.8) is 0 Å². The Labute approximate surface area is 66.0 Å². The summed E-state index contributed by atoms with van der Waals surface area (Å²) in [6.45, 7) is -1.37. The minimum absolute atomic E-state index is 0.852. The molecule has 62 valence electrons. The van der Waals surface area contributed by atoms with Gasteiger partial charge in [0.05, 0.1) is 0 Å². The van der Waals surface area contributed by atoms with E-state index in [0.717, 1.165) is 13.1 Å². The van der Waals surface area contributed by atoms with E-state index in [1.54, 1.807) is 0 Å². The van der Waals surface area contributed by atoms with Crippen molar-refractivity contribution in [3.8, 4) is 0 Å². The van der Waals surface area contributed by atoms with Crippen LogP contribution in [0.4, 0.5) is 0 Å². The van der Waals surface area contributed by atoms with E-state index >= 15 is 0 Å². The van der Waals surface area contributed by atoms with Crippen LogP contribution < -0.4 is 11.0 Å². The summed E-state index contributed by atoms with van der Waals surface area (Å²) in [4.78, 5) is 0. The zero-order chi connectivity index (χ0) is 8.02. The van der Waals surface area contributed by atoms with Crippen LogP contribution in [0.1, 0.15) is 0 Å². The van der Waals surface area contributed by atoms with Crippen molar-refractivity contribution in [1.82, 2.24) is 9.34 Å². The molecule has 0 bridgehead atoms. The fourth-order valence-electron chi connectivity index (χ4n) is 0.946. The van der Waals surface area contributed by atoms with Crippen molar-refractivity contribution in [3.05, 3.63) is 0 Å². The summed E-state index contributed by atoms with van der Waals surface area (Å²) in [5, 5.41) is 0. The van der Waals surface area contributed by atoms with E-state index in [1.165, 1.54) is 0 Å². The van der Waals surface area contributed by atoms with Gasteiger partial charge >= 0.3 is 65.3 Å². The maximum absolute atomic E-state index is 6.06. The molecular formula is C4H14ClN4P. The number of hydrogen-bond donors (Lipinski definition) is 2. The van der Waals surface area contributed by atoms with Gasteiger partial charge in [-0.2, -0.15) is 0 Å². The molecule has 0 spiro atoms. The van der Waals surface area contributed by atoms with Crippen molar-refractivity contribution in [1.29, 1.82) is 0 Å². The number of hydrogen-bond acceptors (Lipinski definition) is 4. The first-order valence-corrected chi connectivity index (χ1v) is 6.30. The molecule has 1 aliphatic rings. The van der Waals surface area contributed by atoms with Gasteiger partial charge in [0.1, 0.15) is 0 Å². The second-order valence-corrected chi connectivity index (χ2v) is 8.35. The minimum atomic E-state index is -3.07. The van der Waals surface area contributed by atoms with Crippen LogP contribution in [0.3, 0.4) is 0 Å². The fourth-order valence-corrected chi connectivity index (χ4v) is 2.89. The van der Waals surface area contributed by atoms with Crippen LogP contribution >= 0.6 is 17.8 Å². The molecule has 0 unspecified atom stereocenters. The third kappa shape index (κ3) is 1.05. The van der Waals surface area contributed by atoms with Crippen LogP contribution in [0, 0.1) is 0 Å². The second kappa shape index (κ2) is 2.03. The van der Waals surface area contributed by atoms with E-state index in [0.29, 0.717) is 0 Å². The number of halogens is 1. The van der Waals surface area contributed by atoms with Crippen molar-refractivity contribution >= 4 is 17.8 Å². The van der Waals surface area contributed by atoms with Crippen LogP contribution in [0.2, 0.25) is 0 Å². The Morgan fingerprint density at radius 2 is 1.50 bits per heavy atom. The molecule has 4 N–H and O–H groups in total. The molecule has 0 amide bonds. The third-order valence-electron chi connectivity index (χ3n) is 2.10. The Balaban J connectivity index is 2.92. The van der Waals surface area contributed by atoms with Gasteiger partial charge in [-0.05, 0) is 0 Å². The van der Waals surface area contributed by atoms with Crippen LogP contribution in [-0.2, 0) is 0 Å². The van der Waals surface area contributed by atoms with Crippen molar-refractivity contribution in [2.24, 2.45) is 11.0 Å². The Morgan fingerprint density at radius 3 is 1.60 bits per heavy atom. The summed E-state index contributed by atoms with van der Waals surface area (Å²) >= 11 is 6.06. The quantitative estimate of drug-likeness (QED) is 0.526. The Morgan fingerprint density at radius 1 is 1.20 bits per heavy atom. The van der Waals surface area contributed by atoms with E-state index in [9.17, 15) is 0 Å². The van der Waals surface area contributed by atoms with Gasteiger partial charge in [-0.15, -0.1) is 0 Å². The van der Waals surface area contributed by atoms with E-state index < -0.39 is 6.56 Å². The molecule has 0 aromatic rings. The topological polar surface area (TPSA) is 58.5 Å². The number of likely N-dealkylation sites (N-methyl/N-ethyl adjacent to an activating group) is 2. The molecule has 0 atom stereocenters. The van der Waals surface area contributed by atoms with E-state index in [1.807, 2.05) is 23.4 Å². The number of rotatable bonds is 0. The van der Waals surface area contributed by atoms with Crippen molar-refractivity contribution in [2.45, 2.75) is 0 Å². The van der Waals surface area contributed by atoms with Gasteiger partial charge in [-0.1, -0.05) is 0 Å². The molecule has 1 saturated heterocycles. The molecule has 10 heavy (non-hydrogen) atoms. The number of nitrogens with two attached hydrogens (primary N) is 2. The Bertz CT molecular complexity index is 139. The van der Waals surface area contributed by atoms with Gasteiger partial charge in [-0.3, -0.25) is 0 Å². The van der Waals surface area contributed by atoms with Crippen molar-refractivity contribution < 1.29 is 0 Å². The molecular weight excluding hydrogens is 170 g/mol. The first-order chi connectivity index (χ1) is 4.33. The normalized spacial score (nSPS) is 37.1. The number of nitrogens with zero attached hydrogens (tertiary/aromatic N) is 2. The van der Waals surface area contributed by atoms with Gasteiger partial charge in [-0.25, -0.2) is 0 Å². The molecule has 0 aliphatic carbocycles. The molecule has 6 heteroatoms. The van der Waals surface area contributed by atoms with Crippen LogP contribution in [-0.4, -0.2) is 36.5 Å². The summed E-state index contributed by atoms with van der Waals surface area (Å²) in [7, 11) is 3.71. The maximum atomic E-state index is 6.06. The van der Waals surface area contributed by atoms with Gasteiger partial charge in [0, 0.05) is 0 Å². The van der Waals surface area contributed by atoms with Crippen LogP contribution in [0.25, 0.3) is 0 Å². The Hall–Kier alpha value is 0.560. The third-order valence-corrected chi connectivity index (χ3v) is 6.75. The fraction of sp³-hybridized carbons (Fsp3) is 1.00. The van der Waals surface area contributed by atoms with E-state index in [2.05, 4.69) is 0 Å². The summed E-state index contributed by atoms with van der Waals surface area (Å²) in [5.41, 5.74) is 11.7. The second-order valence-electron chi connectivity index (χ2n) is 2.81. The molecule has 4 nitrogen and oxygen atoms in total. The van der Waals surface area contributed by atoms with E-state index in [-0.39, 0.29) is 0 Å². The summed E-state index contributed by atoms with van der Waals surface area (Å²) in [6.07, 6.45) is 0. The molecule has 0 aromatic heterocycles. The van der Waals surface area contributed by atoms with Crippen LogP contribution in [0.5, 0.6) is 0 Å². The average Bonchev–Trinajstić information content (AvgIpc) is 1.93. The summed E-state index contributed by atoms with van der Waals surface area (Å²) < 4.78 is 3.68. The molecule has 0 aromatic carbocycles. The average molecular weight is 185 g/mol. The zero-order valence-corrected chi connectivity index (χ0v) is 7.94. The predicted octanol–water partition coefficient (Wildman–Crippen LogP) is 0.148. The molecule has 1 fully saturated rings. The van der Waals surface area contributed by atoms with Gasteiger partial charge in [0.2, 0.25) is 0 Å². The molecule has 1 rings (SSSR count). The first-order valence-electron chi connectivity index (χ1n) is 3.11. The zero-order valence-electron chi connectivity index (χ0n) is 6.29. The monoisotopic (exact) mass is 184 g/mol. The molecule has 1 aliphatic heterocycles. The van der Waals surface area contributed by atoms with Crippen LogP contribution in [0.15, 0.2) is 0 Å². The molecule has 1 heterocycles. The SMILES string of the molecule is CN1CCN(C)P1(N)(N)Cl. The summed E-state index contributed by atoms with van der Waals surface area (Å²) in [6, 6.07) is 0. The summed E-state index contributed by atoms with van der Waals surface area (Å²) in [5.74, 6) is 0. The predicted molar refractivity (Wildman–Crippen MR) is 46.4 cm³/mol. The molecule has 0 radical (unpaired) electrons. The van der Waals surface area contributed by atoms with E-state index in [4.69, 9.17) is 22.2 Å². The van der Waals surface area contributed by atoms with Gasteiger partial charge < -0.3 is 0 Å². The first kappa shape index (κ1) is 8.65. The van der Waals surface area contributed by atoms with Gasteiger partial charge in [0.15, 0.2) is 0 Å². The standard InChI is InChI=1S/C4H14ClN4P/c1-8-3-4-9(2)10(8,5,6)7/h3-4,6-7H2,1-2H3. The molecule has 0 saturated carbocycles. The van der Waals surface area contributed by atoms with Crippen molar-refractivity contribution in [2.75, 3.05) is 27.2 Å². The Kier molecular flexibility index (Phi) is 1.76.